The molecule has 1 heteroatoms. The van der Waals surface area contributed by atoms with E-state index in [1.807, 2.05) is 51.1 Å². The minimum Gasteiger partial charge on any atom is -0.472 e. The predicted molar refractivity (Wildman–Crippen MR) is 63.0 cm³/mol. The van der Waals surface area contributed by atoms with Gasteiger partial charge >= 0.3 is 0 Å². The molecule has 76 valence electrons. The van der Waals surface area contributed by atoms with Crippen LogP contribution in [0.2, 0.25) is 0 Å². The summed E-state index contributed by atoms with van der Waals surface area (Å²) in [5, 5.41) is 0. The highest BCUT2D eigenvalue weighted by atomic mass is 16.3. The highest BCUT2D eigenvalue weighted by molar-refractivity contribution is 5.73. The molecule has 0 unspecified atom stereocenters. The fourth-order valence-electron chi connectivity index (χ4n) is 0.911. The molecule has 0 radical (unpaired) electrons. The van der Waals surface area contributed by atoms with Gasteiger partial charge in [-0.3, -0.25) is 0 Å². The summed E-state index contributed by atoms with van der Waals surface area (Å²) in [6.45, 7) is 9.70. The molecule has 0 bridgehead atoms. The third-order valence-electron chi connectivity index (χ3n) is 1.54. The summed E-state index contributed by atoms with van der Waals surface area (Å²) in [7, 11) is 0. The number of rotatable bonds is 3. The third-order valence-corrected chi connectivity index (χ3v) is 1.54. The first-order valence-electron chi connectivity index (χ1n) is 4.86. The molecule has 0 saturated heterocycles. The van der Waals surface area contributed by atoms with Crippen molar-refractivity contribution in [3.8, 4) is 0 Å². The van der Waals surface area contributed by atoms with Gasteiger partial charge in [0.1, 0.15) is 0 Å². The van der Waals surface area contributed by atoms with E-state index in [2.05, 4.69) is 6.58 Å². The molecular formula is C13H18O. The summed E-state index contributed by atoms with van der Waals surface area (Å²) in [4.78, 5) is 0. The highest BCUT2D eigenvalue weighted by Gasteiger charge is 1.95. The summed E-state index contributed by atoms with van der Waals surface area (Å²) in [6.07, 6.45) is 11.1. The van der Waals surface area contributed by atoms with Crippen molar-refractivity contribution in [2.24, 2.45) is 0 Å². The van der Waals surface area contributed by atoms with E-state index < -0.39 is 0 Å². The van der Waals surface area contributed by atoms with Gasteiger partial charge in [0.05, 0.1) is 12.5 Å². The second-order valence-electron chi connectivity index (χ2n) is 2.36. The van der Waals surface area contributed by atoms with Crippen LogP contribution in [0.15, 0.2) is 53.9 Å². The normalized spacial score (nSPS) is 10.9. The molecule has 0 N–H and O–H groups in total. The van der Waals surface area contributed by atoms with E-state index >= 15 is 0 Å². The van der Waals surface area contributed by atoms with Crippen LogP contribution in [0.3, 0.4) is 0 Å². The van der Waals surface area contributed by atoms with Crippen molar-refractivity contribution < 1.29 is 4.42 Å². The lowest BCUT2D eigenvalue weighted by Gasteiger charge is -1.92. The molecule has 1 rings (SSSR count). The van der Waals surface area contributed by atoms with Gasteiger partial charge in [0.15, 0.2) is 0 Å². The number of furan rings is 1. The molecule has 0 aliphatic carbocycles. The number of hydrogen-bond acceptors (Lipinski definition) is 1. The van der Waals surface area contributed by atoms with E-state index in [-0.39, 0.29) is 0 Å². The predicted octanol–water partition coefficient (Wildman–Crippen LogP) is 4.45. The standard InChI is InChI=1S/C11H12O.C2H6/c1-3-5-6-10(4-2)11-7-8-12-9-11;1-2/h3-9H,2H2,1H3;1-2H3/b5-3-,10-6+;. The lowest BCUT2D eigenvalue weighted by atomic mass is 10.1. The van der Waals surface area contributed by atoms with Crippen LogP contribution in [0.4, 0.5) is 0 Å². The fourth-order valence-corrected chi connectivity index (χ4v) is 0.911. The largest absolute Gasteiger partial charge is 0.472 e. The molecule has 1 nitrogen and oxygen atoms in total. The van der Waals surface area contributed by atoms with E-state index in [4.69, 9.17) is 4.42 Å². The zero-order valence-electron chi connectivity index (χ0n) is 9.16. The Kier molecular flexibility index (Phi) is 7.24. The molecule has 0 aliphatic rings. The molecule has 1 aromatic heterocycles. The quantitative estimate of drug-likeness (QED) is 0.642. The van der Waals surface area contributed by atoms with Gasteiger partial charge in [0.25, 0.3) is 0 Å². The van der Waals surface area contributed by atoms with Gasteiger partial charge in [-0.05, 0) is 18.6 Å². The van der Waals surface area contributed by atoms with Crippen molar-refractivity contribution >= 4 is 5.57 Å². The Morgan fingerprint density at radius 1 is 1.43 bits per heavy atom. The number of allylic oxidation sites excluding steroid dienone is 5. The lowest BCUT2D eigenvalue weighted by Crippen LogP contribution is -1.72. The third kappa shape index (κ3) is 3.94. The van der Waals surface area contributed by atoms with E-state index in [1.165, 1.54) is 0 Å². The van der Waals surface area contributed by atoms with Crippen molar-refractivity contribution in [1.82, 2.24) is 0 Å². The van der Waals surface area contributed by atoms with Crippen LogP contribution in [-0.2, 0) is 0 Å². The van der Waals surface area contributed by atoms with Gasteiger partial charge in [-0.2, -0.15) is 0 Å². The summed E-state index contributed by atoms with van der Waals surface area (Å²) in [5.41, 5.74) is 2.13. The summed E-state index contributed by atoms with van der Waals surface area (Å²) < 4.78 is 4.96. The topological polar surface area (TPSA) is 13.1 Å². The maximum absolute atomic E-state index is 4.96. The van der Waals surface area contributed by atoms with Crippen LogP contribution in [0.1, 0.15) is 26.3 Å². The minimum atomic E-state index is 1.06. The first-order valence-corrected chi connectivity index (χ1v) is 4.86. The average molecular weight is 190 g/mol. The molecule has 0 spiro atoms. The molecule has 0 fully saturated rings. The van der Waals surface area contributed by atoms with Gasteiger partial charge in [0.2, 0.25) is 0 Å². The van der Waals surface area contributed by atoms with Gasteiger partial charge in [-0.1, -0.05) is 44.7 Å². The summed E-state index contributed by atoms with van der Waals surface area (Å²) in [6, 6.07) is 1.91. The molecular weight excluding hydrogens is 172 g/mol. The van der Waals surface area contributed by atoms with Crippen LogP contribution >= 0.6 is 0 Å². The number of hydrogen-bond donors (Lipinski definition) is 0. The zero-order valence-corrected chi connectivity index (χ0v) is 9.16. The van der Waals surface area contributed by atoms with Gasteiger partial charge in [-0.15, -0.1) is 0 Å². The smallest absolute Gasteiger partial charge is 0.0980 e. The second kappa shape index (κ2) is 8.11. The van der Waals surface area contributed by atoms with E-state index in [9.17, 15) is 0 Å². The fraction of sp³-hybridized carbons (Fsp3) is 0.231. The molecule has 14 heavy (non-hydrogen) atoms. The Hall–Kier alpha value is -1.50. The zero-order chi connectivity index (χ0) is 10.8. The Balaban J connectivity index is 0.000000791. The summed E-state index contributed by atoms with van der Waals surface area (Å²) in [5.74, 6) is 0. The Labute approximate surface area is 86.4 Å². The average Bonchev–Trinajstić information content (AvgIpc) is 2.76. The van der Waals surface area contributed by atoms with Gasteiger partial charge in [-0.25, -0.2) is 0 Å². The van der Waals surface area contributed by atoms with Crippen LogP contribution in [0, 0.1) is 0 Å². The van der Waals surface area contributed by atoms with Gasteiger partial charge in [0, 0.05) is 5.56 Å². The first kappa shape index (κ1) is 12.5. The van der Waals surface area contributed by atoms with E-state index in [0.717, 1.165) is 11.1 Å². The lowest BCUT2D eigenvalue weighted by molar-refractivity contribution is 0.566. The molecule has 0 atom stereocenters. The van der Waals surface area contributed by atoms with Crippen molar-refractivity contribution in [1.29, 1.82) is 0 Å². The Morgan fingerprint density at radius 2 is 2.14 bits per heavy atom. The van der Waals surface area contributed by atoms with Crippen molar-refractivity contribution in [3.05, 3.63) is 55.0 Å². The minimum absolute atomic E-state index is 1.06. The van der Waals surface area contributed by atoms with E-state index in [1.54, 1.807) is 12.5 Å². The van der Waals surface area contributed by atoms with E-state index in [0.29, 0.717) is 0 Å². The van der Waals surface area contributed by atoms with Crippen molar-refractivity contribution in [3.63, 3.8) is 0 Å². The van der Waals surface area contributed by atoms with Crippen molar-refractivity contribution in [2.45, 2.75) is 20.8 Å². The first-order chi connectivity index (χ1) is 6.88. The van der Waals surface area contributed by atoms with Gasteiger partial charge < -0.3 is 4.42 Å². The summed E-state index contributed by atoms with van der Waals surface area (Å²) >= 11 is 0. The van der Waals surface area contributed by atoms with Crippen LogP contribution in [0.25, 0.3) is 5.57 Å². The SMILES string of the molecule is C=C/C(=C\C=C/C)c1ccoc1.CC. The maximum atomic E-state index is 4.96. The molecule has 0 aromatic carbocycles. The van der Waals surface area contributed by atoms with Crippen LogP contribution in [0.5, 0.6) is 0 Å². The maximum Gasteiger partial charge on any atom is 0.0980 e. The molecule has 1 aromatic rings. The monoisotopic (exact) mass is 190 g/mol. The highest BCUT2D eigenvalue weighted by Crippen LogP contribution is 2.15. The molecule has 0 aliphatic heterocycles. The molecule has 1 heterocycles. The second-order valence-corrected chi connectivity index (χ2v) is 2.36. The van der Waals surface area contributed by atoms with Crippen molar-refractivity contribution in [2.75, 3.05) is 0 Å². The van der Waals surface area contributed by atoms with Crippen LogP contribution in [-0.4, -0.2) is 0 Å². The molecule has 0 saturated carbocycles. The Morgan fingerprint density at radius 3 is 2.57 bits per heavy atom. The Bertz CT molecular complexity index is 289. The van der Waals surface area contributed by atoms with Crippen LogP contribution < -0.4 is 0 Å². The molecule has 0 amide bonds.